The van der Waals surface area contributed by atoms with E-state index in [9.17, 15) is 0 Å². The van der Waals surface area contributed by atoms with Crippen LogP contribution in [0.3, 0.4) is 0 Å². The topological polar surface area (TPSA) is 28.2 Å². The lowest BCUT2D eigenvalue weighted by Crippen LogP contribution is -2.30. The summed E-state index contributed by atoms with van der Waals surface area (Å²) in [4.78, 5) is 6.82. The van der Waals surface area contributed by atoms with Crippen LogP contribution in [0.5, 0.6) is 0 Å². The second-order valence-electron chi connectivity index (χ2n) is 7.48. The van der Waals surface area contributed by atoms with Crippen molar-refractivity contribution in [3.8, 4) is 0 Å². The smallest absolute Gasteiger partial charge is 0.0595 e. The van der Waals surface area contributed by atoms with Crippen molar-refractivity contribution >= 4 is 5.69 Å². The first-order valence-corrected chi connectivity index (χ1v) is 8.67. The number of rotatable bonds is 6. The lowest BCUT2D eigenvalue weighted by atomic mass is 9.88. The Bertz CT molecular complexity index is 497. The standard InChI is InChI=1S/C18H27N3/c1-21(12-16-9-13-2-3-14(16)8-13)18-11-19-7-6-15(18)10-20-17-4-5-17/h6-7,11,13-14,16-17,20H,2-5,8-10,12H2,1H3. The number of nitrogens with one attached hydrogen (secondary N) is 1. The lowest BCUT2D eigenvalue weighted by Gasteiger charge is -2.29. The van der Waals surface area contributed by atoms with Gasteiger partial charge in [0.05, 0.1) is 11.9 Å². The minimum atomic E-state index is 0.766. The van der Waals surface area contributed by atoms with Crippen molar-refractivity contribution < 1.29 is 0 Å². The summed E-state index contributed by atoms with van der Waals surface area (Å²) in [7, 11) is 2.25. The maximum atomic E-state index is 4.36. The number of hydrogen-bond donors (Lipinski definition) is 1. The number of pyridine rings is 1. The first-order chi connectivity index (χ1) is 10.3. The monoisotopic (exact) mass is 285 g/mol. The van der Waals surface area contributed by atoms with Crippen molar-refractivity contribution in [2.75, 3.05) is 18.5 Å². The van der Waals surface area contributed by atoms with Gasteiger partial charge < -0.3 is 10.2 Å². The molecule has 3 aliphatic rings. The summed E-state index contributed by atoms with van der Waals surface area (Å²) in [6.07, 6.45) is 12.6. The molecule has 114 valence electrons. The average molecular weight is 285 g/mol. The maximum Gasteiger partial charge on any atom is 0.0595 e. The van der Waals surface area contributed by atoms with Gasteiger partial charge in [-0.25, -0.2) is 0 Å². The van der Waals surface area contributed by atoms with E-state index in [4.69, 9.17) is 0 Å². The first-order valence-electron chi connectivity index (χ1n) is 8.67. The van der Waals surface area contributed by atoms with Crippen molar-refractivity contribution in [1.29, 1.82) is 0 Å². The summed E-state index contributed by atoms with van der Waals surface area (Å²) in [6.45, 7) is 2.20. The molecule has 3 fully saturated rings. The fourth-order valence-electron chi connectivity index (χ4n) is 4.50. The van der Waals surface area contributed by atoms with Gasteiger partial charge in [-0.1, -0.05) is 6.42 Å². The molecule has 1 aromatic heterocycles. The molecule has 0 spiro atoms. The van der Waals surface area contributed by atoms with E-state index >= 15 is 0 Å². The molecule has 2 bridgehead atoms. The van der Waals surface area contributed by atoms with Crippen LogP contribution in [0, 0.1) is 17.8 Å². The Balaban J connectivity index is 1.41. The van der Waals surface area contributed by atoms with E-state index in [0.29, 0.717) is 0 Å². The van der Waals surface area contributed by atoms with Gasteiger partial charge in [-0.15, -0.1) is 0 Å². The van der Waals surface area contributed by atoms with Crippen LogP contribution in [-0.4, -0.2) is 24.6 Å². The molecule has 1 N–H and O–H groups in total. The molecule has 3 nitrogen and oxygen atoms in total. The lowest BCUT2D eigenvalue weighted by molar-refractivity contribution is 0.337. The van der Waals surface area contributed by atoms with Gasteiger partial charge in [0.25, 0.3) is 0 Å². The maximum absolute atomic E-state index is 4.36. The predicted octanol–water partition coefficient (Wildman–Crippen LogP) is 3.21. The number of nitrogens with zero attached hydrogens (tertiary/aromatic N) is 2. The van der Waals surface area contributed by atoms with Crippen molar-refractivity contribution in [3.63, 3.8) is 0 Å². The van der Waals surface area contributed by atoms with Gasteiger partial charge in [-0.3, -0.25) is 4.98 Å². The minimum absolute atomic E-state index is 0.766. The number of aromatic nitrogens is 1. The van der Waals surface area contributed by atoms with Crippen LogP contribution < -0.4 is 10.2 Å². The molecule has 1 aromatic rings. The summed E-state index contributed by atoms with van der Waals surface area (Å²) >= 11 is 0. The van der Waals surface area contributed by atoms with E-state index in [0.717, 1.165) is 30.3 Å². The molecule has 4 rings (SSSR count). The van der Waals surface area contributed by atoms with Crippen LogP contribution in [0.1, 0.15) is 44.1 Å². The van der Waals surface area contributed by atoms with Gasteiger partial charge in [0.1, 0.15) is 0 Å². The molecule has 3 aliphatic carbocycles. The molecular weight excluding hydrogens is 258 g/mol. The van der Waals surface area contributed by atoms with E-state index in [2.05, 4.69) is 34.5 Å². The van der Waals surface area contributed by atoms with Gasteiger partial charge in [-0.2, -0.15) is 0 Å². The second kappa shape index (κ2) is 5.60. The van der Waals surface area contributed by atoms with E-state index < -0.39 is 0 Å². The largest absolute Gasteiger partial charge is 0.373 e. The Morgan fingerprint density at radius 1 is 1.24 bits per heavy atom. The Hall–Kier alpha value is -1.09. The van der Waals surface area contributed by atoms with Gasteiger partial charge in [-0.05, 0) is 61.5 Å². The molecule has 0 aliphatic heterocycles. The first kappa shape index (κ1) is 13.6. The molecule has 3 heteroatoms. The fraction of sp³-hybridized carbons (Fsp3) is 0.722. The Kier molecular flexibility index (Phi) is 3.62. The number of anilines is 1. The second-order valence-corrected chi connectivity index (χ2v) is 7.48. The predicted molar refractivity (Wildman–Crippen MR) is 86.3 cm³/mol. The van der Waals surface area contributed by atoms with Crippen LogP contribution in [0.15, 0.2) is 18.5 Å². The molecular formula is C18H27N3. The summed E-state index contributed by atoms with van der Waals surface area (Å²) < 4.78 is 0. The highest BCUT2D eigenvalue weighted by atomic mass is 15.1. The molecule has 3 atom stereocenters. The van der Waals surface area contributed by atoms with Gasteiger partial charge in [0.15, 0.2) is 0 Å². The summed E-state index contributed by atoms with van der Waals surface area (Å²) in [5.41, 5.74) is 2.73. The molecule has 3 unspecified atom stereocenters. The van der Waals surface area contributed by atoms with Gasteiger partial charge in [0.2, 0.25) is 0 Å². The highest BCUT2D eigenvalue weighted by Crippen LogP contribution is 2.48. The normalized spacial score (nSPS) is 30.8. The molecule has 21 heavy (non-hydrogen) atoms. The third-order valence-electron chi connectivity index (χ3n) is 5.85. The van der Waals surface area contributed by atoms with Gasteiger partial charge in [0, 0.05) is 32.4 Å². The highest BCUT2D eigenvalue weighted by Gasteiger charge is 2.39. The van der Waals surface area contributed by atoms with Crippen LogP contribution in [0.4, 0.5) is 5.69 Å². The van der Waals surface area contributed by atoms with Crippen molar-refractivity contribution in [3.05, 3.63) is 24.0 Å². The van der Waals surface area contributed by atoms with Crippen LogP contribution >= 0.6 is 0 Å². The zero-order chi connectivity index (χ0) is 14.2. The van der Waals surface area contributed by atoms with Gasteiger partial charge >= 0.3 is 0 Å². The Labute approximate surface area is 128 Å². The van der Waals surface area contributed by atoms with Crippen molar-refractivity contribution in [1.82, 2.24) is 10.3 Å². The summed E-state index contributed by atoms with van der Waals surface area (Å²) in [6, 6.07) is 2.95. The molecule has 1 heterocycles. The fourth-order valence-corrected chi connectivity index (χ4v) is 4.50. The Morgan fingerprint density at radius 2 is 2.14 bits per heavy atom. The summed E-state index contributed by atoms with van der Waals surface area (Å²) in [5, 5.41) is 3.63. The van der Waals surface area contributed by atoms with Crippen LogP contribution in [0.2, 0.25) is 0 Å². The molecule has 0 amide bonds. The zero-order valence-corrected chi connectivity index (χ0v) is 13.1. The van der Waals surface area contributed by atoms with E-state index in [1.165, 1.54) is 56.3 Å². The summed E-state index contributed by atoms with van der Waals surface area (Å²) in [5.74, 6) is 2.96. The van der Waals surface area contributed by atoms with Crippen LogP contribution in [0.25, 0.3) is 0 Å². The van der Waals surface area contributed by atoms with Crippen LogP contribution in [-0.2, 0) is 6.54 Å². The number of fused-ring (bicyclic) bond motifs is 2. The highest BCUT2D eigenvalue weighted by molar-refractivity contribution is 5.51. The quantitative estimate of drug-likeness (QED) is 0.870. The minimum Gasteiger partial charge on any atom is -0.373 e. The molecule has 3 saturated carbocycles. The van der Waals surface area contributed by atoms with Crippen molar-refractivity contribution in [2.45, 2.75) is 51.1 Å². The van der Waals surface area contributed by atoms with E-state index in [1.807, 2.05) is 6.20 Å². The zero-order valence-electron chi connectivity index (χ0n) is 13.1. The third kappa shape index (κ3) is 2.94. The average Bonchev–Trinajstić information content (AvgIpc) is 3.11. The number of hydrogen-bond acceptors (Lipinski definition) is 3. The molecule has 0 aromatic carbocycles. The Morgan fingerprint density at radius 3 is 2.86 bits per heavy atom. The molecule has 0 radical (unpaired) electrons. The third-order valence-corrected chi connectivity index (χ3v) is 5.85. The van der Waals surface area contributed by atoms with E-state index in [-0.39, 0.29) is 0 Å². The molecule has 0 saturated heterocycles. The van der Waals surface area contributed by atoms with Crippen molar-refractivity contribution in [2.24, 2.45) is 17.8 Å². The van der Waals surface area contributed by atoms with E-state index in [1.54, 1.807) is 0 Å². The SMILES string of the molecule is CN(CC1CC2CCC1C2)c1cnccc1CNC1CC1.